The molecule has 2 aromatic heterocycles. The SMILES string of the molecule is Cc1cccc2nc(CN[C@@H](c3ccc(C(C)(C)C)cc3)C(C)C)cc(=O)n12. The normalized spacial score (nSPS) is 13.2. The Bertz CT molecular complexity index is 1010. The van der Waals surface area contributed by atoms with Crippen molar-refractivity contribution in [1.29, 1.82) is 0 Å². The van der Waals surface area contributed by atoms with Gasteiger partial charge in [0.05, 0.1) is 5.69 Å². The minimum absolute atomic E-state index is 0.0319. The Labute approximate surface area is 167 Å². The smallest absolute Gasteiger partial charge is 0.258 e. The minimum atomic E-state index is -0.0319. The average molecular weight is 378 g/mol. The maximum absolute atomic E-state index is 12.5. The van der Waals surface area contributed by atoms with Gasteiger partial charge in [-0.05, 0) is 41.5 Å². The van der Waals surface area contributed by atoms with Crippen LogP contribution >= 0.6 is 0 Å². The maximum atomic E-state index is 12.5. The zero-order chi connectivity index (χ0) is 20.5. The second-order valence-corrected chi connectivity index (χ2v) is 8.92. The van der Waals surface area contributed by atoms with E-state index in [9.17, 15) is 4.79 Å². The fraction of sp³-hybridized carbons (Fsp3) is 0.417. The van der Waals surface area contributed by atoms with Crippen molar-refractivity contribution in [2.24, 2.45) is 5.92 Å². The summed E-state index contributed by atoms with van der Waals surface area (Å²) in [4.78, 5) is 17.2. The number of hydrogen-bond acceptors (Lipinski definition) is 3. The molecule has 2 heterocycles. The predicted molar refractivity (Wildman–Crippen MR) is 116 cm³/mol. The first-order valence-electron chi connectivity index (χ1n) is 9.99. The van der Waals surface area contributed by atoms with Gasteiger partial charge >= 0.3 is 0 Å². The highest BCUT2D eigenvalue weighted by Gasteiger charge is 2.18. The van der Waals surface area contributed by atoms with E-state index in [2.05, 4.69) is 69.2 Å². The summed E-state index contributed by atoms with van der Waals surface area (Å²) in [6.07, 6.45) is 0. The molecular formula is C24H31N3O. The van der Waals surface area contributed by atoms with Crippen molar-refractivity contribution in [1.82, 2.24) is 14.7 Å². The number of nitrogens with zero attached hydrogens (tertiary/aromatic N) is 2. The number of benzene rings is 1. The van der Waals surface area contributed by atoms with Crippen LogP contribution in [0, 0.1) is 12.8 Å². The van der Waals surface area contributed by atoms with E-state index in [1.807, 2.05) is 25.1 Å². The minimum Gasteiger partial charge on any atom is -0.304 e. The largest absolute Gasteiger partial charge is 0.304 e. The van der Waals surface area contributed by atoms with Crippen LogP contribution in [-0.2, 0) is 12.0 Å². The molecule has 0 fully saturated rings. The predicted octanol–water partition coefficient (Wildman–Crippen LogP) is 4.79. The average Bonchev–Trinajstić information content (AvgIpc) is 2.61. The van der Waals surface area contributed by atoms with Crippen molar-refractivity contribution in [3.05, 3.63) is 81.4 Å². The Morgan fingerprint density at radius 2 is 1.75 bits per heavy atom. The van der Waals surface area contributed by atoms with Crippen LogP contribution in [0.2, 0.25) is 0 Å². The summed E-state index contributed by atoms with van der Waals surface area (Å²) in [6.45, 7) is 13.6. The molecule has 0 spiro atoms. The fourth-order valence-electron chi connectivity index (χ4n) is 3.60. The first kappa shape index (κ1) is 20.3. The Balaban J connectivity index is 1.83. The summed E-state index contributed by atoms with van der Waals surface area (Å²) in [5, 5.41) is 3.61. The molecule has 0 aliphatic rings. The van der Waals surface area contributed by atoms with Gasteiger partial charge in [0.2, 0.25) is 0 Å². The highest BCUT2D eigenvalue weighted by atomic mass is 16.1. The summed E-state index contributed by atoms with van der Waals surface area (Å²) < 4.78 is 1.65. The number of hydrogen-bond donors (Lipinski definition) is 1. The molecule has 4 heteroatoms. The molecule has 0 bridgehead atoms. The molecule has 4 nitrogen and oxygen atoms in total. The van der Waals surface area contributed by atoms with Crippen LogP contribution in [0.1, 0.15) is 63.2 Å². The quantitative estimate of drug-likeness (QED) is 0.695. The number of nitrogens with one attached hydrogen (secondary N) is 1. The van der Waals surface area contributed by atoms with E-state index < -0.39 is 0 Å². The highest BCUT2D eigenvalue weighted by Crippen LogP contribution is 2.27. The molecule has 0 aliphatic carbocycles. The van der Waals surface area contributed by atoms with Gasteiger partial charge in [-0.15, -0.1) is 0 Å². The summed E-state index contributed by atoms with van der Waals surface area (Å²) in [7, 11) is 0. The lowest BCUT2D eigenvalue weighted by molar-refractivity contribution is 0.408. The highest BCUT2D eigenvalue weighted by molar-refractivity contribution is 5.40. The molecule has 3 aromatic rings. The van der Waals surface area contributed by atoms with Gasteiger partial charge in [0.15, 0.2) is 0 Å². The summed E-state index contributed by atoms with van der Waals surface area (Å²) >= 11 is 0. The number of aryl methyl sites for hydroxylation is 1. The van der Waals surface area contributed by atoms with E-state index in [0.29, 0.717) is 18.1 Å². The molecule has 1 atom stereocenters. The summed E-state index contributed by atoms with van der Waals surface area (Å²) in [6, 6.07) is 16.4. The Kier molecular flexibility index (Phi) is 5.71. The Hall–Kier alpha value is -2.46. The van der Waals surface area contributed by atoms with Crippen LogP contribution in [0.4, 0.5) is 0 Å². The third kappa shape index (κ3) is 4.33. The third-order valence-corrected chi connectivity index (χ3v) is 5.24. The van der Waals surface area contributed by atoms with Crippen molar-refractivity contribution in [3.63, 3.8) is 0 Å². The first-order chi connectivity index (χ1) is 13.2. The van der Waals surface area contributed by atoms with Gasteiger partial charge in [-0.2, -0.15) is 0 Å². The lowest BCUT2D eigenvalue weighted by Gasteiger charge is -2.25. The molecule has 148 valence electrons. The lowest BCUT2D eigenvalue weighted by atomic mass is 9.85. The molecule has 1 N–H and O–H groups in total. The molecule has 0 unspecified atom stereocenters. The van der Waals surface area contributed by atoms with Crippen LogP contribution in [0.5, 0.6) is 0 Å². The number of fused-ring (bicyclic) bond motifs is 1. The number of rotatable bonds is 5. The van der Waals surface area contributed by atoms with Gasteiger partial charge in [0.1, 0.15) is 5.65 Å². The standard InChI is InChI=1S/C24H31N3O/c1-16(2)23(18-10-12-19(13-11-18)24(4,5)6)25-15-20-14-22(28)27-17(3)8-7-9-21(27)26-20/h7-14,16,23,25H,15H2,1-6H3/t23-/m1/s1. The van der Waals surface area contributed by atoms with Crippen LogP contribution in [0.15, 0.2) is 53.3 Å². The lowest BCUT2D eigenvalue weighted by Crippen LogP contribution is -2.27. The monoisotopic (exact) mass is 377 g/mol. The maximum Gasteiger partial charge on any atom is 0.258 e. The molecule has 0 aliphatic heterocycles. The van der Waals surface area contributed by atoms with E-state index in [1.54, 1.807) is 10.5 Å². The molecule has 3 rings (SSSR count). The van der Waals surface area contributed by atoms with E-state index in [1.165, 1.54) is 11.1 Å². The Morgan fingerprint density at radius 3 is 2.36 bits per heavy atom. The molecule has 0 amide bonds. The van der Waals surface area contributed by atoms with Crippen LogP contribution in [0.3, 0.4) is 0 Å². The molecule has 0 saturated heterocycles. The van der Waals surface area contributed by atoms with Gasteiger partial charge in [-0.1, -0.05) is 65.0 Å². The molecule has 28 heavy (non-hydrogen) atoms. The topological polar surface area (TPSA) is 46.4 Å². The van der Waals surface area contributed by atoms with Gasteiger partial charge in [-0.25, -0.2) is 4.98 Å². The van der Waals surface area contributed by atoms with E-state index >= 15 is 0 Å². The molecular weight excluding hydrogens is 346 g/mol. The van der Waals surface area contributed by atoms with Crippen molar-refractivity contribution in [3.8, 4) is 0 Å². The second-order valence-electron chi connectivity index (χ2n) is 8.92. The molecule has 0 saturated carbocycles. The first-order valence-corrected chi connectivity index (χ1v) is 9.99. The van der Waals surface area contributed by atoms with Crippen LogP contribution in [-0.4, -0.2) is 9.38 Å². The van der Waals surface area contributed by atoms with E-state index in [0.717, 1.165) is 11.4 Å². The zero-order valence-electron chi connectivity index (χ0n) is 17.8. The van der Waals surface area contributed by atoms with Gasteiger partial charge < -0.3 is 5.32 Å². The zero-order valence-corrected chi connectivity index (χ0v) is 17.8. The second kappa shape index (κ2) is 7.88. The number of pyridine rings is 1. The molecule has 1 aromatic carbocycles. The van der Waals surface area contributed by atoms with Crippen LogP contribution in [0.25, 0.3) is 5.65 Å². The van der Waals surface area contributed by atoms with E-state index in [4.69, 9.17) is 0 Å². The molecule has 0 radical (unpaired) electrons. The fourth-order valence-corrected chi connectivity index (χ4v) is 3.60. The summed E-state index contributed by atoms with van der Waals surface area (Å²) in [5.74, 6) is 0.421. The van der Waals surface area contributed by atoms with Gasteiger partial charge in [0, 0.05) is 24.3 Å². The van der Waals surface area contributed by atoms with Crippen molar-refractivity contribution in [2.45, 2.75) is 59.5 Å². The van der Waals surface area contributed by atoms with Crippen molar-refractivity contribution >= 4 is 5.65 Å². The third-order valence-electron chi connectivity index (χ3n) is 5.24. The Morgan fingerprint density at radius 1 is 1.07 bits per heavy atom. The van der Waals surface area contributed by atoms with Crippen molar-refractivity contribution in [2.75, 3.05) is 0 Å². The van der Waals surface area contributed by atoms with Gasteiger partial charge in [-0.3, -0.25) is 9.20 Å². The van der Waals surface area contributed by atoms with E-state index in [-0.39, 0.29) is 17.0 Å². The number of aromatic nitrogens is 2. The van der Waals surface area contributed by atoms with Crippen molar-refractivity contribution < 1.29 is 0 Å². The summed E-state index contributed by atoms with van der Waals surface area (Å²) in [5.41, 5.74) is 5.07. The van der Waals surface area contributed by atoms with Crippen LogP contribution < -0.4 is 10.9 Å². The van der Waals surface area contributed by atoms with Gasteiger partial charge in [0.25, 0.3) is 5.56 Å².